The molecule has 1 amide bonds. The fourth-order valence-corrected chi connectivity index (χ4v) is 2.69. The highest BCUT2D eigenvalue weighted by Gasteiger charge is 2.12. The van der Waals surface area contributed by atoms with Crippen LogP contribution in [0.25, 0.3) is 6.08 Å². The average Bonchev–Trinajstić information content (AvgIpc) is 2.65. The highest BCUT2D eigenvalue weighted by atomic mass is 16.5. The molecule has 27 heavy (non-hydrogen) atoms. The minimum Gasteiger partial charge on any atom is -0.493 e. The van der Waals surface area contributed by atoms with Gasteiger partial charge in [-0.15, -0.1) is 0 Å². The predicted octanol–water partition coefficient (Wildman–Crippen LogP) is 4.37. The normalized spacial score (nSPS) is 11.4. The van der Waals surface area contributed by atoms with Gasteiger partial charge in [0.25, 0.3) is 0 Å². The maximum absolute atomic E-state index is 12.0. The predicted molar refractivity (Wildman–Crippen MR) is 110 cm³/mol. The lowest BCUT2D eigenvalue weighted by molar-refractivity contribution is -0.116. The molecule has 2 aromatic carbocycles. The molecule has 0 atom stereocenters. The molecule has 0 aliphatic heterocycles. The zero-order chi connectivity index (χ0) is 19.9. The average molecular weight is 367 g/mol. The van der Waals surface area contributed by atoms with E-state index in [-0.39, 0.29) is 11.3 Å². The monoisotopic (exact) mass is 367 g/mol. The quantitative estimate of drug-likeness (QED) is 0.739. The van der Waals surface area contributed by atoms with Gasteiger partial charge in [0.2, 0.25) is 5.91 Å². The van der Waals surface area contributed by atoms with Crippen molar-refractivity contribution >= 4 is 12.0 Å². The van der Waals surface area contributed by atoms with Gasteiger partial charge in [-0.2, -0.15) is 0 Å². The lowest BCUT2D eigenvalue weighted by Crippen LogP contribution is -2.23. The third-order valence-corrected chi connectivity index (χ3v) is 4.36. The minimum atomic E-state index is -0.102. The molecule has 0 saturated heterocycles. The topological polar surface area (TPSA) is 47.6 Å². The Morgan fingerprint density at radius 3 is 2.26 bits per heavy atom. The first-order valence-electron chi connectivity index (χ1n) is 9.11. The molecular formula is C23H29NO3. The summed E-state index contributed by atoms with van der Waals surface area (Å²) in [6.45, 7) is 7.11. The minimum absolute atomic E-state index is 0.102. The maximum Gasteiger partial charge on any atom is 0.244 e. The summed E-state index contributed by atoms with van der Waals surface area (Å²) < 4.78 is 10.5. The van der Waals surface area contributed by atoms with Crippen LogP contribution in [0.2, 0.25) is 0 Å². The van der Waals surface area contributed by atoms with Crippen LogP contribution in [-0.2, 0) is 16.6 Å². The summed E-state index contributed by atoms with van der Waals surface area (Å²) in [4.78, 5) is 12.0. The Morgan fingerprint density at radius 1 is 1.00 bits per heavy atom. The molecule has 2 aromatic rings. The van der Waals surface area contributed by atoms with E-state index >= 15 is 0 Å². The van der Waals surface area contributed by atoms with E-state index in [0.717, 1.165) is 17.5 Å². The third kappa shape index (κ3) is 6.17. The highest BCUT2D eigenvalue weighted by molar-refractivity contribution is 5.91. The number of hydrogen-bond donors (Lipinski definition) is 1. The Balaban J connectivity index is 1.85. The Bertz CT molecular complexity index is 786. The zero-order valence-corrected chi connectivity index (χ0v) is 16.8. The van der Waals surface area contributed by atoms with Crippen molar-refractivity contribution in [3.8, 4) is 11.5 Å². The molecule has 0 unspecified atom stereocenters. The number of ether oxygens (including phenoxy) is 2. The van der Waals surface area contributed by atoms with Gasteiger partial charge in [0.15, 0.2) is 11.5 Å². The van der Waals surface area contributed by atoms with Gasteiger partial charge < -0.3 is 14.8 Å². The molecule has 4 nitrogen and oxygen atoms in total. The van der Waals surface area contributed by atoms with Gasteiger partial charge in [0.1, 0.15) is 0 Å². The molecule has 0 radical (unpaired) electrons. The SMILES string of the molecule is COc1ccc(CCNC(=O)/C=C/c2ccc(C(C)(C)C)cc2)cc1OC. The number of rotatable bonds is 7. The van der Waals surface area contributed by atoms with E-state index in [1.54, 1.807) is 20.3 Å². The molecule has 0 bridgehead atoms. The van der Waals surface area contributed by atoms with E-state index in [1.165, 1.54) is 5.56 Å². The van der Waals surface area contributed by atoms with Crippen LogP contribution in [0.15, 0.2) is 48.5 Å². The second kappa shape index (κ2) is 9.26. The van der Waals surface area contributed by atoms with Crippen molar-refractivity contribution in [2.24, 2.45) is 0 Å². The number of benzene rings is 2. The third-order valence-electron chi connectivity index (χ3n) is 4.36. The van der Waals surface area contributed by atoms with E-state index in [0.29, 0.717) is 18.0 Å². The van der Waals surface area contributed by atoms with Crippen LogP contribution in [0, 0.1) is 0 Å². The standard InChI is InChI=1S/C23H29NO3/c1-23(2,3)19-10-6-17(7-11-19)9-13-22(25)24-15-14-18-8-12-20(26-4)21(16-18)27-5/h6-13,16H,14-15H2,1-5H3,(H,24,25)/b13-9+. The zero-order valence-electron chi connectivity index (χ0n) is 16.8. The molecule has 0 fully saturated rings. The van der Waals surface area contributed by atoms with Crippen LogP contribution < -0.4 is 14.8 Å². The fourth-order valence-electron chi connectivity index (χ4n) is 2.69. The van der Waals surface area contributed by atoms with Crippen molar-refractivity contribution in [2.75, 3.05) is 20.8 Å². The second-order valence-corrected chi connectivity index (χ2v) is 7.44. The summed E-state index contributed by atoms with van der Waals surface area (Å²) >= 11 is 0. The van der Waals surface area contributed by atoms with E-state index < -0.39 is 0 Å². The maximum atomic E-state index is 12.0. The molecule has 0 aromatic heterocycles. The first-order chi connectivity index (χ1) is 12.8. The number of carbonyl (C=O) groups excluding carboxylic acids is 1. The fraction of sp³-hybridized carbons (Fsp3) is 0.348. The lowest BCUT2D eigenvalue weighted by Gasteiger charge is -2.18. The summed E-state index contributed by atoms with van der Waals surface area (Å²) in [6, 6.07) is 14.1. The van der Waals surface area contributed by atoms with Gasteiger partial charge in [0.05, 0.1) is 14.2 Å². The van der Waals surface area contributed by atoms with Crippen LogP contribution >= 0.6 is 0 Å². The molecule has 1 N–H and O–H groups in total. The Hall–Kier alpha value is -2.75. The lowest BCUT2D eigenvalue weighted by atomic mass is 9.87. The Kier molecular flexibility index (Phi) is 7.05. The molecule has 0 spiro atoms. The van der Waals surface area contributed by atoms with Gasteiger partial charge in [-0.1, -0.05) is 51.1 Å². The summed E-state index contributed by atoms with van der Waals surface area (Å²) in [6.07, 6.45) is 4.12. The van der Waals surface area contributed by atoms with Crippen molar-refractivity contribution in [1.82, 2.24) is 5.32 Å². The highest BCUT2D eigenvalue weighted by Crippen LogP contribution is 2.27. The van der Waals surface area contributed by atoms with Crippen molar-refractivity contribution in [3.63, 3.8) is 0 Å². The van der Waals surface area contributed by atoms with E-state index in [4.69, 9.17) is 9.47 Å². The summed E-state index contributed by atoms with van der Waals surface area (Å²) in [5.74, 6) is 1.29. The van der Waals surface area contributed by atoms with Crippen LogP contribution in [0.3, 0.4) is 0 Å². The first-order valence-corrected chi connectivity index (χ1v) is 9.11. The van der Waals surface area contributed by atoms with Crippen LogP contribution in [0.4, 0.5) is 0 Å². The molecule has 0 aliphatic carbocycles. The smallest absolute Gasteiger partial charge is 0.244 e. The van der Waals surface area contributed by atoms with Gasteiger partial charge in [-0.3, -0.25) is 4.79 Å². The van der Waals surface area contributed by atoms with Gasteiger partial charge in [0, 0.05) is 12.6 Å². The van der Waals surface area contributed by atoms with E-state index in [1.807, 2.05) is 36.4 Å². The first kappa shape index (κ1) is 20.6. The second-order valence-electron chi connectivity index (χ2n) is 7.44. The van der Waals surface area contributed by atoms with Crippen molar-refractivity contribution in [3.05, 3.63) is 65.2 Å². The van der Waals surface area contributed by atoms with Gasteiger partial charge >= 0.3 is 0 Å². The number of nitrogens with one attached hydrogen (secondary N) is 1. The van der Waals surface area contributed by atoms with E-state index in [9.17, 15) is 4.79 Å². The van der Waals surface area contributed by atoms with E-state index in [2.05, 4.69) is 38.2 Å². The molecule has 0 aliphatic rings. The Labute approximate surface area is 162 Å². The summed E-state index contributed by atoms with van der Waals surface area (Å²) in [5, 5.41) is 2.91. The number of methoxy groups -OCH3 is 2. The molecule has 144 valence electrons. The molecule has 2 rings (SSSR count). The molecular weight excluding hydrogens is 338 g/mol. The molecule has 0 saturated carbocycles. The van der Waals surface area contributed by atoms with Crippen molar-refractivity contribution in [2.45, 2.75) is 32.6 Å². The van der Waals surface area contributed by atoms with Crippen molar-refractivity contribution in [1.29, 1.82) is 0 Å². The van der Waals surface area contributed by atoms with Gasteiger partial charge in [-0.05, 0) is 46.7 Å². The number of hydrogen-bond acceptors (Lipinski definition) is 3. The largest absolute Gasteiger partial charge is 0.493 e. The van der Waals surface area contributed by atoms with Crippen LogP contribution in [0.5, 0.6) is 11.5 Å². The molecule has 4 heteroatoms. The summed E-state index contributed by atoms with van der Waals surface area (Å²) in [7, 11) is 3.23. The number of carbonyl (C=O) groups is 1. The molecule has 0 heterocycles. The van der Waals surface area contributed by atoms with Crippen molar-refractivity contribution < 1.29 is 14.3 Å². The van der Waals surface area contributed by atoms with Crippen LogP contribution in [-0.4, -0.2) is 26.7 Å². The summed E-state index contributed by atoms with van der Waals surface area (Å²) in [5.41, 5.74) is 3.50. The van der Waals surface area contributed by atoms with Crippen LogP contribution in [0.1, 0.15) is 37.5 Å². The Morgan fingerprint density at radius 2 is 1.67 bits per heavy atom. The van der Waals surface area contributed by atoms with Gasteiger partial charge in [-0.25, -0.2) is 0 Å². The number of amides is 1.